The van der Waals surface area contributed by atoms with Gasteiger partial charge in [-0.15, -0.1) is 0 Å². The fraction of sp³-hybridized carbons (Fsp3) is 0.263. The molecule has 1 heterocycles. The summed E-state index contributed by atoms with van der Waals surface area (Å²) < 4.78 is 10.6. The first-order chi connectivity index (χ1) is 12.5. The predicted octanol–water partition coefficient (Wildman–Crippen LogP) is 3.35. The van der Waals surface area contributed by atoms with E-state index in [0.717, 1.165) is 0 Å². The van der Waals surface area contributed by atoms with E-state index < -0.39 is 5.92 Å². The summed E-state index contributed by atoms with van der Waals surface area (Å²) in [7, 11) is 3.07. The van der Waals surface area contributed by atoms with Gasteiger partial charge in [0.15, 0.2) is 0 Å². The third kappa shape index (κ3) is 3.60. The van der Waals surface area contributed by atoms with Gasteiger partial charge in [-0.1, -0.05) is 23.7 Å². The van der Waals surface area contributed by atoms with Gasteiger partial charge in [0.2, 0.25) is 11.8 Å². The smallest absolute Gasteiger partial charge is 0.229 e. The molecule has 6 nitrogen and oxygen atoms in total. The zero-order valence-corrected chi connectivity index (χ0v) is 15.2. The molecule has 1 fully saturated rings. The van der Waals surface area contributed by atoms with Crippen molar-refractivity contribution in [2.45, 2.75) is 6.42 Å². The molecular formula is C19H19ClN2O4. The monoisotopic (exact) mass is 374 g/mol. The number of carbonyl (C=O) groups is 2. The second-order valence-corrected chi connectivity index (χ2v) is 6.35. The maximum absolute atomic E-state index is 12.6. The Morgan fingerprint density at radius 2 is 1.88 bits per heavy atom. The zero-order chi connectivity index (χ0) is 18.7. The first kappa shape index (κ1) is 18.1. The molecule has 7 heteroatoms. The van der Waals surface area contributed by atoms with E-state index in [0.29, 0.717) is 27.9 Å². The Bertz CT molecular complexity index is 840. The van der Waals surface area contributed by atoms with E-state index in [2.05, 4.69) is 5.32 Å². The molecule has 1 N–H and O–H groups in total. The van der Waals surface area contributed by atoms with Gasteiger partial charge >= 0.3 is 0 Å². The number of ether oxygens (including phenoxy) is 2. The van der Waals surface area contributed by atoms with Crippen molar-refractivity contribution in [1.82, 2.24) is 0 Å². The molecule has 1 aliphatic heterocycles. The van der Waals surface area contributed by atoms with Crippen molar-refractivity contribution in [2.75, 3.05) is 31.0 Å². The summed E-state index contributed by atoms with van der Waals surface area (Å²) in [4.78, 5) is 26.6. The van der Waals surface area contributed by atoms with Crippen molar-refractivity contribution in [1.29, 1.82) is 0 Å². The highest BCUT2D eigenvalue weighted by Crippen LogP contribution is 2.35. The van der Waals surface area contributed by atoms with Gasteiger partial charge in [0.05, 0.1) is 31.5 Å². The van der Waals surface area contributed by atoms with Crippen LogP contribution in [0.5, 0.6) is 11.5 Å². The lowest BCUT2D eigenvalue weighted by Crippen LogP contribution is -2.28. The van der Waals surface area contributed by atoms with Crippen LogP contribution in [0, 0.1) is 5.92 Å². The molecule has 2 aromatic rings. The number of benzene rings is 2. The van der Waals surface area contributed by atoms with Gasteiger partial charge in [-0.05, 0) is 30.3 Å². The largest absolute Gasteiger partial charge is 0.495 e. The van der Waals surface area contributed by atoms with Crippen LogP contribution in [0.1, 0.15) is 6.42 Å². The van der Waals surface area contributed by atoms with Crippen LogP contribution >= 0.6 is 11.6 Å². The van der Waals surface area contributed by atoms with Crippen molar-refractivity contribution in [3.05, 3.63) is 47.5 Å². The lowest BCUT2D eigenvalue weighted by molar-refractivity contribution is -0.122. The van der Waals surface area contributed by atoms with Gasteiger partial charge in [0, 0.05) is 18.0 Å². The topological polar surface area (TPSA) is 67.9 Å². The van der Waals surface area contributed by atoms with Crippen LogP contribution in [0.3, 0.4) is 0 Å². The Morgan fingerprint density at radius 1 is 1.15 bits per heavy atom. The number of hydrogen-bond donors (Lipinski definition) is 1. The molecule has 0 aromatic heterocycles. The number of para-hydroxylation sites is 2. The number of nitrogens with zero attached hydrogens (tertiary/aromatic N) is 1. The second kappa shape index (κ2) is 7.66. The summed E-state index contributed by atoms with van der Waals surface area (Å²) in [5, 5.41) is 3.33. The molecule has 2 amide bonds. The first-order valence-electron chi connectivity index (χ1n) is 8.11. The highest BCUT2D eigenvalue weighted by atomic mass is 35.5. The first-order valence-corrected chi connectivity index (χ1v) is 8.49. The van der Waals surface area contributed by atoms with Gasteiger partial charge in [-0.2, -0.15) is 0 Å². The third-order valence-corrected chi connectivity index (χ3v) is 4.53. The van der Waals surface area contributed by atoms with Gasteiger partial charge in [0.25, 0.3) is 0 Å². The molecule has 0 bridgehead atoms. The van der Waals surface area contributed by atoms with Crippen LogP contribution in [0.4, 0.5) is 11.4 Å². The Labute approximate surface area is 156 Å². The van der Waals surface area contributed by atoms with E-state index in [1.165, 1.54) is 19.1 Å². The average molecular weight is 375 g/mol. The highest BCUT2D eigenvalue weighted by Gasteiger charge is 2.36. The summed E-state index contributed by atoms with van der Waals surface area (Å²) in [6.07, 6.45) is 0.122. The van der Waals surface area contributed by atoms with Gasteiger partial charge in [-0.3, -0.25) is 9.59 Å². The molecule has 136 valence electrons. The van der Waals surface area contributed by atoms with Gasteiger partial charge in [0.1, 0.15) is 11.5 Å². The lowest BCUT2D eigenvalue weighted by atomic mass is 10.1. The fourth-order valence-corrected chi connectivity index (χ4v) is 3.14. The van der Waals surface area contributed by atoms with E-state index in [-0.39, 0.29) is 24.8 Å². The maximum Gasteiger partial charge on any atom is 0.229 e. The molecule has 2 aromatic carbocycles. The van der Waals surface area contributed by atoms with E-state index >= 15 is 0 Å². The molecule has 0 spiro atoms. The van der Waals surface area contributed by atoms with E-state index in [9.17, 15) is 9.59 Å². The van der Waals surface area contributed by atoms with Crippen LogP contribution in [-0.4, -0.2) is 32.6 Å². The summed E-state index contributed by atoms with van der Waals surface area (Å²) in [6, 6.07) is 12.2. The van der Waals surface area contributed by atoms with E-state index in [4.69, 9.17) is 21.1 Å². The number of halogens is 1. The molecule has 1 atom stereocenters. The number of amides is 2. The number of anilines is 2. The quantitative estimate of drug-likeness (QED) is 0.871. The predicted molar refractivity (Wildman–Crippen MR) is 100 cm³/mol. The standard InChI is InChI=1S/C19H19ClN2O4/c1-25-16-6-4-3-5-14(16)21-19(24)12-9-18(23)22(11-12)15-10-13(20)7-8-17(15)26-2/h3-8,10,12H,9,11H2,1-2H3,(H,21,24)/t12-/m0/s1. The summed E-state index contributed by atoms with van der Waals surface area (Å²) >= 11 is 6.05. The molecule has 0 saturated carbocycles. The molecule has 3 rings (SSSR count). The lowest BCUT2D eigenvalue weighted by Gasteiger charge is -2.20. The Morgan fingerprint density at radius 3 is 2.62 bits per heavy atom. The summed E-state index contributed by atoms with van der Waals surface area (Å²) in [6.45, 7) is 0.260. The normalized spacial score (nSPS) is 16.5. The minimum Gasteiger partial charge on any atom is -0.495 e. The average Bonchev–Trinajstić information content (AvgIpc) is 3.04. The van der Waals surface area contributed by atoms with Crippen LogP contribution in [0.25, 0.3) is 0 Å². The Balaban J connectivity index is 1.77. The molecule has 1 saturated heterocycles. The summed E-state index contributed by atoms with van der Waals surface area (Å²) in [5.41, 5.74) is 1.14. The zero-order valence-electron chi connectivity index (χ0n) is 14.5. The number of hydrogen-bond acceptors (Lipinski definition) is 4. The summed E-state index contributed by atoms with van der Waals surface area (Å²) in [5.74, 6) is 0.250. The molecule has 1 aliphatic rings. The Kier molecular flexibility index (Phi) is 5.32. The van der Waals surface area contributed by atoms with E-state index in [1.807, 2.05) is 6.07 Å². The molecule has 0 unspecified atom stereocenters. The SMILES string of the molecule is COc1ccccc1NC(=O)[C@H]1CC(=O)N(c2cc(Cl)ccc2OC)C1. The number of methoxy groups -OCH3 is 2. The van der Waals surface area contributed by atoms with Crippen molar-refractivity contribution in [3.63, 3.8) is 0 Å². The number of carbonyl (C=O) groups excluding carboxylic acids is 2. The molecule has 0 aliphatic carbocycles. The maximum atomic E-state index is 12.6. The van der Waals surface area contributed by atoms with Crippen LogP contribution in [-0.2, 0) is 9.59 Å². The van der Waals surface area contributed by atoms with Crippen LogP contribution in [0.15, 0.2) is 42.5 Å². The minimum atomic E-state index is -0.476. The molecule has 26 heavy (non-hydrogen) atoms. The van der Waals surface area contributed by atoms with E-state index in [1.54, 1.807) is 36.4 Å². The van der Waals surface area contributed by atoms with Crippen LogP contribution < -0.4 is 19.7 Å². The van der Waals surface area contributed by atoms with Gasteiger partial charge < -0.3 is 19.7 Å². The highest BCUT2D eigenvalue weighted by molar-refractivity contribution is 6.31. The van der Waals surface area contributed by atoms with Crippen molar-refractivity contribution in [2.24, 2.45) is 5.92 Å². The van der Waals surface area contributed by atoms with Crippen molar-refractivity contribution < 1.29 is 19.1 Å². The molecular weight excluding hydrogens is 356 g/mol. The number of rotatable bonds is 5. The molecule has 0 radical (unpaired) electrons. The minimum absolute atomic E-state index is 0.122. The van der Waals surface area contributed by atoms with Crippen molar-refractivity contribution >= 4 is 34.8 Å². The van der Waals surface area contributed by atoms with Crippen LogP contribution in [0.2, 0.25) is 5.02 Å². The van der Waals surface area contributed by atoms with Gasteiger partial charge in [-0.25, -0.2) is 0 Å². The Hall–Kier alpha value is -2.73. The van der Waals surface area contributed by atoms with Crippen molar-refractivity contribution in [3.8, 4) is 11.5 Å². The number of nitrogens with one attached hydrogen (secondary N) is 1. The fourth-order valence-electron chi connectivity index (χ4n) is 2.97. The third-order valence-electron chi connectivity index (χ3n) is 4.29. The second-order valence-electron chi connectivity index (χ2n) is 5.91.